The molecule has 0 unspecified atom stereocenters. The second-order valence-corrected chi connectivity index (χ2v) is 13.6. The maximum atomic E-state index is 14.2. The van der Waals surface area contributed by atoms with Gasteiger partial charge in [0.05, 0.1) is 29.4 Å². The van der Waals surface area contributed by atoms with Crippen LogP contribution in [0.2, 0.25) is 0 Å². The lowest BCUT2D eigenvalue weighted by Crippen LogP contribution is -2.27. The first-order valence-corrected chi connectivity index (χ1v) is 16.1. The van der Waals surface area contributed by atoms with Gasteiger partial charge in [-0.2, -0.15) is 52.7 Å². The Morgan fingerprint density at radius 1 is 0.431 bits per heavy atom. The van der Waals surface area contributed by atoms with Gasteiger partial charge in [-0.05, 0) is 87.8 Å². The first kappa shape index (κ1) is 36.0. The van der Waals surface area contributed by atoms with Crippen LogP contribution in [0.5, 0.6) is 5.75 Å². The molecular formula is C37H21F12OP. The monoisotopic (exact) mass is 740 g/mol. The minimum absolute atomic E-state index is 0.113. The molecule has 0 saturated carbocycles. The summed E-state index contributed by atoms with van der Waals surface area (Å²) in [7, 11) is -1.73. The SMILES string of the molecule is COc1ccc2ccccc2c1-c1c(P(c2cc(C(F)(F)F)cc(C(F)(F)F)c2)c2cc(C(F)(F)F)cc(C(F)(F)F)c2)ccc2ccccc12. The molecule has 0 aliphatic rings. The summed E-state index contributed by atoms with van der Waals surface area (Å²) in [6, 6.07) is 20.3. The van der Waals surface area contributed by atoms with E-state index in [1.54, 1.807) is 60.7 Å². The summed E-state index contributed by atoms with van der Waals surface area (Å²) in [5.41, 5.74) is -6.72. The highest BCUT2D eigenvalue weighted by Crippen LogP contribution is 2.48. The average Bonchev–Trinajstić information content (AvgIpc) is 3.06. The van der Waals surface area contributed by atoms with Gasteiger partial charge in [0.15, 0.2) is 0 Å². The number of halogens is 12. The number of methoxy groups -OCH3 is 1. The molecule has 14 heteroatoms. The average molecular weight is 741 g/mol. The first-order valence-electron chi connectivity index (χ1n) is 14.7. The highest BCUT2D eigenvalue weighted by atomic mass is 31.1. The normalized spacial score (nSPS) is 13.0. The molecule has 0 aliphatic carbocycles. The molecule has 0 bridgehead atoms. The number of ether oxygens (including phenoxy) is 1. The minimum atomic E-state index is -5.37. The molecule has 0 spiro atoms. The predicted octanol–water partition coefficient (Wildman–Crippen LogP) is 11.5. The van der Waals surface area contributed by atoms with Gasteiger partial charge in [0.1, 0.15) is 5.75 Å². The number of hydrogen-bond donors (Lipinski definition) is 0. The van der Waals surface area contributed by atoms with E-state index in [2.05, 4.69) is 0 Å². The van der Waals surface area contributed by atoms with Crippen molar-refractivity contribution < 1.29 is 57.4 Å². The lowest BCUT2D eigenvalue weighted by Gasteiger charge is -2.27. The molecule has 0 aliphatic heterocycles. The summed E-state index contributed by atoms with van der Waals surface area (Å²) in [6.07, 6.45) is -21.5. The van der Waals surface area contributed by atoms with Crippen LogP contribution < -0.4 is 20.7 Å². The summed E-state index contributed by atoms with van der Waals surface area (Å²) in [5, 5.41) is 0.311. The molecule has 0 fully saturated rings. The summed E-state index contributed by atoms with van der Waals surface area (Å²) < 4.78 is 176. The van der Waals surface area contributed by atoms with Gasteiger partial charge in [-0.1, -0.05) is 66.7 Å². The third-order valence-corrected chi connectivity index (χ3v) is 10.6. The fourth-order valence-corrected chi connectivity index (χ4v) is 8.56. The van der Waals surface area contributed by atoms with Crippen LogP contribution >= 0.6 is 7.92 Å². The molecule has 6 rings (SSSR count). The molecule has 264 valence electrons. The highest BCUT2D eigenvalue weighted by molar-refractivity contribution is 7.80. The number of rotatable bonds is 5. The Balaban J connectivity index is 1.85. The van der Waals surface area contributed by atoms with Gasteiger partial charge in [-0.25, -0.2) is 0 Å². The van der Waals surface area contributed by atoms with E-state index in [1.165, 1.54) is 19.2 Å². The van der Waals surface area contributed by atoms with Crippen molar-refractivity contribution >= 4 is 45.4 Å². The van der Waals surface area contributed by atoms with Crippen molar-refractivity contribution in [2.45, 2.75) is 24.7 Å². The molecule has 6 aromatic rings. The number of alkyl halides is 12. The van der Waals surface area contributed by atoms with E-state index in [4.69, 9.17) is 4.74 Å². The second-order valence-electron chi connectivity index (χ2n) is 11.4. The van der Waals surface area contributed by atoms with E-state index in [1.807, 2.05) is 0 Å². The van der Waals surface area contributed by atoms with E-state index in [0.717, 1.165) is 0 Å². The molecule has 51 heavy (non-hydrogen) atoms. The van der Waals surface area contributed by atoms with Gasteiger partial charge in [0, 0.05) is 11.1 Å². The van der Waals surface area contributed by atoms with Crippen LogP contribution in [0.3, 0.4) is 0 Å². The van der Waals surface area contributed by atoms with Crippen LogP contribution in [0, 0.1) is 0 Å². The topological polar surface area (TPSA) is 9.23 Å². The molecule has 0 N–H and O–H groups in total. The van der Waals surface area contributed by atoms with Crippen molar-refractivity contribution in [3.05, 3.63) is 131 Å². The van der Waals surface area contributed by atoms with Gasteiger partial charge in [0.2, 0.25) is 0 Å². The van der Waals surface area contributed by atoms with E-state index >= 15 is 0 Å². The molecule has 0 amide bonds. The van der Waals surface area contributed by atoms with Gasteiger partial charge in [0.25, 0.3) is 0 Å². The molecule has 0 heterocycles. The quantitative estimate of drug-likeness (QED) is 0.126. The van der Waals surface area contributed by atoms with Crippen LogP contribution in [0.4, 0.5) is 52.7 Å². The zero-order valence-corrected chi connectivity index (χ0v) is 26.7. The molecule has 1 nitrogen and oxygen atoms in total. The summed E-state index contributed by atoms with van der Waals surface area (Å²) in [6.45, 7) is 0. The zero-order valence-electron chi connectivity index (χ0n) is 25.8. The third-order valence-electron chi connectivity index (χ3n) is 8.17. The highest BCUT2D eigenvalue weighted by Gasteiger charge is 2.41. The number of fused-ring (bicyclic) bond motifs is 2. The van der Waals surface area contributed by atoms with Crippen molar-refractivity contribution in [2.75, 3.05) is 7.11 Å². The summed E-state index contributed by atoms with van der Waals surface area (Å²) in [4.78, 5) is 0. The molecule has 0 atom stereocenters. The fraction of sp³-hybridized carbons (Fsp3) is 0.135. The molecule has 0 saturated heterocycles. The lowest BCUT2D eigenvalue weighted by molar-refractivity contribution is -0.144. The maximum absolute atomic E-state index is 14.2. The maximum Gasteiger partial charge on any atom is 0.416 e. The summed E-state index contributed by atoms with van der Waals surface area (Å²) >= 11 is 0. The largest absolute Gasteiger partial charge is 0.496 e. The number of benzene rings is 6. The van der Waals surface area contributed by atoms with Crippen molar-refractivity contribution in [1.29, 1.82) is 0 Å². The van der Waals surface area contributed by atoms with Crippen molar-refractivity contribution in [1.82, 2.24) is 0 Å². The van der Waals surface area contributed by atoms with Gasteiger partial charge in [-0.15, -0.1) is 0 Å². The van der Waals surface area contributed by atoms with Gasteiger partial charge in [-0.3, -0.25) is 0 Å². The minimum Gasteiger partial charge on any atom is -0.496 e. The predicted molar refractivity (Wildman–Crippen MR) is 172 cm³/mol. The standard InChI is InChI=1S/C37H21F12OP/c1-50-30-12-10-20-6-2-4-8-28(20)32(30)33-29-9-5-3-7-21(29)11-13-31(33)51(26-16-22(34(38,39)40)14-23(17-26)35(41,42)43)27-18-24(36(44,45)46)15-25(19-27)37(47,48)49/h2-19H,1H3. The van der Waals surface area contributed by atoms with Crippen LogP contribution in [-0.2, 0) is 24.7 Å². The summed E-state index contributed by atoms with van der Waals surface area (Å²) in [5.74, 6) is 0.182. The van der Waals surface area contributed by atoms with Crippen LogP contribution in [0.25, 0.3) is 32.7 Å². The zero-order chi connectivity index (χ0) is 37.1. The van der Waals surface area contributed by atoms with Crippen LogP contribution in [0.15, 0.2) is 109 Å². The Kier molecular flexibility index (Phi) is 9.03. The Morgan fingerprint density at radius 3 is 1.20 bits per heavy atom. The van der Waals surface area contributed by atoms with Gasteiger partial charge < -0.3 is 4.74 Å². The Bertz CT molecular complexity index is 2130. The lowest BCUT2D eigenvalue weighted by atomic mass is 9.93. The molecule has 0 radical (unpaired) electrons. The van der Waals surface area contributed by atoms with Crippen molar-refractivity contribution in [3.63, 3.8) is 0 Å². The Morgan fingerprint density at radius 2 is 0.804 bits per heavy atom. The Labute approximate surface area is 282 Å². The Hall–Kier alpha value is -4.77. The second kappa shape index (κ2) is 12.8. The van der Waals surface area contributed by atoms with E-state index < -0.39 is 65.5 Å². The smallest absolute Gasteiger partial charge is 0.416 e. The third kappa shape index (κ3) is 7.08. The van der Waals surface area contributed by atoms with E-state index in [0.29, 0.717) is 45.8 Å². The fourth-order valence-electron chi connectivity index (χ4n) is 5.95. The molecular weight excluding hydrogens is 719 g/mol. The van der Waals surface area contributed by atoms with Gasteiger partial charge >= 0.3 is 24.7 Å². The number of hydrogen-bond acceptors (Lipinski definition) is 1. The van der Waals surface area contributed by atoms with E-state index in [-0.39, 0.29) is 34.3 Å². The van der Waals surface area contributed by atoms with Crippen LogP contribution in [0.1, 0.15) is 22.3 Å². The van der Waals surface area contributed by atoms with E-state index in [9.17, 15) is 52.7 Å². The first-order chi connectivity index (χ1) is 23.8. The van der Waals surface area contributed by atoms with Crippen molar-refractivity contribution in [2.24, 2.45) is 0 Å². The van der Waals surface area contributed by atoms with Crippen LogP contribution in [-0.4, -0.2) is 7.11 Å². The van der Waals surface area contributed by atoms with Crippen molar-refractivity contribution in [3.8, 4) is 16.9 Å². The molecule has 0 aromatic heterocycles. The molecule has 6 aromatic carbocycles.